The number of aliphatic hydroxyl groups is 1. The molecule has 92 valence electrons. The maximum Gasteiger partial charge on any atom is 0.0644 e. The molecule has 0 bridgehead atoms. The molecule has 0 spiro atoms. The predicted octanol–water partition coefficient (Wildman–Crippen LogP) is 1.46. The second-order valence-electron chi connectivity index (χ2n) is 4.52. The monoisotopic (exact) mass is 225 g/mol. The number of aryl methyl sites for hydroxylation is 2. The quantitative estimate of drug-likeness (QED) is 0.797. The highest BCUT2D eigenvalue weighted by Crippen LogP contribution is 2.20. The molecule has 2 unspecified atom stereocenters. The zero-order valence-corrected chi connectivity index (χ0v) is 10.9. The van der Waals surface area contributed by atoms with Crippen LogP contribution in [0.2, 0.25) is 0 Å². The number of hydrogen-bond donors (Lipinski definition) is 2. The number of rotatable bonds is 5. The molecular weight excluding hydrogens is 202 g/mol. The summed E-state index contributed by atoms with van der Waals surface area (Å²) < 4.78 is 1.91. The highest BCUT2D eigenvalue weighted by molar-refractivity contribution is 5.27. The summed E-state index contributed by atoms with van der Waals surface area (Å²) in [5, 5.41) is 17.0. The summed E-state index contributed by atoms with van der Waals surface area (Å²) in [4.78, 5) is 0. The smallest absolute Gasteiger partial charge is 0.0644 e. The van der Waals surface area contributed by atoms with Gasteiger partial charge in [0, 0.05) is 24.3 Å². The summed E-state index contributed by atoms with van der Waals surface area (Å²) in [6, 6.07) is 0.285. The van der Waals surface area contributed by atoms with Gasteiger partial charge in [0.2, 0.25) is 0 Å². The Balaban J connectivity index is 2.62. The average molecular weight is 225 g/mol. The van der Waals surface area contributed by atoms with Gasteiger partial charge in [-0.2, -0.15) is 5.10 Å². The number of hydrogen-bond acceptors (Lipinski definition) is 3. The van der Waals surface area contributed by atoms with Gasteiger partial charge in [-0.25, -0.2) is 0 Å². The summed E-state index contributed by atoms with van der Waals surface area (Å²) in [5.74, 6) is 0. The van der Waals surface area contributed by atoms with Crippen LogP contribution in [0.15, 0.2) is 0 Å². The molecule has 0 aromatic carbocycles. The first-order valence-corrected chi connectivity index (χ1v) is 5.85. The van der Waals surface area contributed by atoms with Gasteiger partial charge in [0.1, 0.15) is 0 Å². The Hall–Kier alpha value is -0.870. The van der Waals surface area contributed by atoms with Crippen molar-refractivity contribution in [2.45, 2.75) is 46.3 Å². The zero-order chi connectivity index (χ0) is 12.3. The molecule has 1 heterocycles. The van der Waals surface area contributed by atoms with Gasteiger partial charge < -0.3 is 10.4 Å². The Kier molecular flexibility index (Phi) is 4.50. The van der Waals surface area contributed by atoms with E-state index in [1.54, 1.807) is 0 Å². The number of aliphatic hydroxyl groups excluding tert-OH is 1. The van der Waals surface area contributed by atoms with Gasteiger partial charge >= 0.3 is 0 Å². The predicted molar refractivity (Wildman–Crippen MR) is 65.4 cm³/mol. The molecule has 0 fully saturated rings. The van der Waals surface area contributed by atoms with E-state index in [1.165, 1.54) is 11.3 Å². The Morgan fingerprint density at radius 1 is 1.38 bits per heavy atom. The molecule has 4 nitrogen and oxygen atoms in total. The molecule has 2 atom stereocenters. The van der Waals surface area contributed by atoms with Crippen molar-refractivity contribution in [2.24, 2.45) is 7.05 Å². The van der Waals surface area contributed by atoms with E-state index >= 15 is 0 Å². The molecule has 1 aromatic heterocycles. The third-order valence-corrected chi connectivity index (χ3v) is 3.01. The molecule has 0 aliphatic heterocycles. The van der Waals surface area contributed by atoms with Crippen molar-refractivity contribution in [1.29, 1.82) is 0 Å². The van der Waals surface area contributed by atoms with Gasteiger partial charge in [-0.3, -0.25) is 4.68 Å². The molecule has 0 saturated carbocycles. The first kappa shape index (κ1) is 13.2. The van der Waals surface area contributed by atoms with Crippen LogP contribution < -0.4 is 5.32 Å². The van der Waals surface area contributed by atoms with E-state index in [0.29, 0.717) is 0 Å². The van der Waals surface area contributed by atoms with Crippen LogP contribution in [0.25, 0.3) is 0 Å². The fourth-order valence-corrected chi connectivity index (χ4v) is 2.03. The molecule has 0 radical (unpaired) electrons. The third-order valence-electron chi connectivity index (χ3n) is 3.01. The van der Waals surface area contributed by atoms with Crippen LogP contribution in [0.3, 0.4) is 0 Å². The minimum atomic E-state index is -0.240. The van der Waals surface area contributed by atoms with Gasteiger partial charge in [-0.15, -0.1) is 0 Å². The largest absolute Gasteiger partial charge is 0.393 e. The molecule has 0 saturated heterocycles. The Morgan fingerprint density at radius 3 is 2.44 bits per heavy atom. The first-order chi connectivity index (χ1) is 7.43. The van der Waals surface area contributed by atoms with Crippen molar-refractivity contribution >= 4 is 0 Å². The number of nitrogens with zero attached hydrogens (tertiary/aromatic N) is 2. The van der Waals surface area contributed by atoms with Crippen molar-refractivity contribution in [1.82, 2.24) is 15.1 Å². The lowest BCUT2D eigenvalue weighted by molar-refractivity contribution is 0.182. The lowest BCUT2D eigenvalue weighted by Gasteiger charge is -2.15. The third kappa shape index (κ3) is 3.06. The van der Waals surface area contributed by atoms with E-state index in [9.17, 15) is 5.11 Å². The standard InChI is InChI=1S/C12H23N3O/c1-8(16)6-7-13-9(2)12-10(3)14-15(5)11(12)4/h8-9,13,16H,6-7H2,1-5H3. The summed E-state index contributed by atoms with van der Waals surface area (Å²) in [7, 11) is 1.97. The van der Waals surface area contributed by atoms with Crippen molar-refractivity contribution < 1.29 is 5.11 Å². The number of nitrogens with one attached hydrogen (secondary N) is 1. The molecule has 16 heavy (non-hydrogen) atoms. The molecular formula is C12H23N3O. The van der Waals surface area contributed by atoms with Crippen LogP contribution in [0.5, 0.6) is 0 Å². The Bertz CT molecular complexity index is 344. The average Bonchev–Trinajstić information content (AvgIpc) is 2.40. The maximum absolute atomic E-state index is 9.19. The zero-order valence-electron chi connectivity index (χ0n) is 10.9. The van der Waals surface area contributed by atoms with E-state index in [1.807, 2.05) is 25.6 Å². The Labute approximate surface area is 97.7 Å². The van der Waals surface area contributed by atoms with Gasteiger partial charge in [-0.1, -0.05) is 0 Å². The minimum absolute atomic E-state index is 0.240. The molecule has 4 heteroatoms. The topological polar surface area (TPSA) is 50.1 Å². The fraction of sp³-hybridized carbons (Fsp3) is 0.750. The van der Waals surface area contributed by atoms with E-state index in [0.717, 1.165) is 18.7 Å². The molecule has 1 aromatic rings. The minimum Gasteiger partial charge on any atom is -0.393 e. The van der Waals surface area contributed by atoms with E-state index < -0.39 is 0 Å². The molecule has 1 rings (SSSR count). The SMILES string of the molecule is Cc1nn(C)c(C)c1C(C)NCCC(C)O. The van der Waals surface area contributed by atoms with E-state index in [4.69, 9.17) is 0 Å². The van der Waals surface area contributed by atoms with Crippen LogP contribution in [-0.4, -0.2) is 27.5 Å². The van der Waals surface area contributed by atoms with Crippen LogP contribution in [-0.2, 0) is 7.05 Å². The van der Waals surface area contributed by atoms with Crippen LogP contribution in [0.1, 0.15) is 43.3 Å². The van der Waals surface area contributed by atoms with Crippen molar-refractivity contribution in [3.05, 3.63) is 17.0 Å². The summed E-state index contributed by atoms with van der Waals surface area (Å²) in [6.45, 7) is 8.90. The van der Waals surface area contributed by atoms with E-state index in [2.05, 4.69) is 24.3 Å². The fourth-order valence-electron chi connectivity index (χ4n) is 2.03. The number of aromatic nitrogens is 2. The normalized spacial score (nSPS) is 15.1. The molecule has 0 amide bonds. The summed E-state index contributed by atoms with van der Waals surface area (Å²) in [6.07, 6.45) is 0.540. The molecule has 0 aliphatic carbocycles. The van der Waals surface area contributed by atoms with Gasteiger partial charge in [0.15, 0.2) is 0 Å². The lowest BCUT2D eigenvalue weighted by Crippen LogP contribution is -2.23. The van der Waals surface area contributed by atoms with Gasteiger partial charge in [0.05, 0.1) is 11.8 Å². The van der Waals surface area contributed by atoms with Crippen molar-refractivity contribution in [3.63, 3.8) is 0 Å². The van der Waals surface area contributed by atoms with Crippen molar-refractivity contribution in [3.8, 4) is 0 Å². The summed E-state index contributed by atoms with van der Waals surface area (Å²) >= 11 is 0. The summed E-state index contributed by atoms with van der Waals surface area (Å²) in [5.41, 5.74) is 3.56. The highest BCUT2D eigenvalue weighted by atomic mass is 16.3. The van der Waals surface area contributed by atoms with Crippen LogP contribution >= 0.6 is 0 Å². The van der Waals surface area contributed by atoms with Crippen LogP contribution in [0, 0.1) is 13.8 Å². The molecule has 0 aliphatic rings. The maximum atomic E-state index is 9.19. The van der Waals surface area contributed by atoms with Crippen LogP contribution in [0.4, 0.5) is 0 Å². The van der Waals surface area contributed by atoms with E-state index in [-0.39, 0.29) is 12.1 Å². The Morgan fingerprint density at radius 2 is 2.00 bits per heavy atom. The second-order valence-corrected chi connectivity index (χ2v) is 4.52. The highest BCUT2D eigenvalue weighted by Gasteiger charge is 2.15. The molecule has 2 N–H and O–H groups in total. The first-order valence-electron chi connectivity index (χ1n) is 5.85. The second kappa shape index (κ2) is 5.46. The van der Waals surface area contributed by atoms with Gasteiger partial charge in [0.25, 0.3) is 0 Å². The van der Waals surface area contributed by atoms with Crippen molar-refractivity contribution in [2.75, 3.05) is 6.54 Å². The lowest BCUT2D eigenvalue weighted by atomic mass is 10.1. The van der Waals surface area contributed by atoms with Gasteiger partial charge in [-0.05, 0) is 40.7 Å².